The van der Waals surface area contributed by atoms with Gasteiger partial charge in [0.25, 0.3) is 0 Å². The maximum absolute atomic E-state index is 4.00. The highest BCUT2D eigenvalue weighted by atomic mass is 15.1. The third-order valence-electron chi connectivity index (χ3n) is 2.11. The molecule has 1 atom stereocenters. The molecule has 0 bridgehead atoms. The van der Waals surface area contributed by atoms with Gasteiger partial charge in [0.15, 0.2) is 0 Å². The van der Waals surface area contributed by atoms with Crippen molar-refractivity contribution in [2.75, 3.05) is 20.1 Å². The van der Waals surface area contributed by atoms with Gasteiger partial charge in [-0.15, -0.1) is 0 Å². The lowest BCUT2D eigenvalue weighted by Gasteiger charge is -2.28. The largest absolute Gasteiger partial charge is 0.302 e. The molecule has 0 spiro atoms. The molecule has 52 valence electrons. The Bertz CT molecular complexity index is 118. The molecule has 0 radical (unpaired) electrons. The van der Waals surface area contributed by atoms with E-state index in [2.05, 4.69) is 25.5 Å². The van der Waals surface area contributed by atoms with E-state index < -0.39 is 0 Å². The predicted molar refractivity (Wildman–Crippen MR) is 40.4 cm³/mol. The van der Waals surface area contributed by atoms with Gasteiger partial charge in [-0.25, -0.2) is 0 Å². The normalized spacial score (nSPS) is 30.9. The van der Waals surface area contributed by atoms with E-state index in [-0.39, 0.29) is 0 Å². The van der Waals surface area contributed by atoms with Crippen molar-refractivity contribution in [2.45, 2.75) is 13.3 Å². The number of likely N-dealkylation sites (N-methyl/N-ethyl adjacent to an activating group) is 1. The van der Waals surface area contributed by atoms with E-state index in [0.29, 0.717) is 0 Å². The summed E-state index contributed by atoms with van der Waals surface area (Å²) < 4.78 is 0. The predicted octanol–water partition coefficient (Wildman–Crippen LogP) is 1.51. The SMILES string of the molecule is C=C1CN(C)CC[C@@H]1C. The average molecular weight is 125 g/mol. The number of nitrogens with zero attached hydrogens (tertiary/aromatic N) is 1. The number of likely N-dealkylation sites (tertiary alicyclic amines) is 1. The molecule has 1 aliphatic rings. The quantitative estimate of drug-likeness (QED) is 0.444. The van der Waals surface area contributed by atoms with Crippen molar-refractivity contribution in [3.8, 4) is 0 Å². The summed E-state index contributed by atoms with van der Waals surface area (Å²) >= 11 is 0. The molecule has 1 fully saturated rings. The van der Waals surface area contributed by atoms with Crippen LogP contribution in [0.1, 0.15) is 13.3 Å². The van der Waals surface area contributed by atoms with Crippen LogP contribution in [0, 0.1) is 5.92 Å². The van der Waals surface area contributed by atoms with E-state index in [4.69, 9.17) is 0 Å². The summed E-state index contributed by atoms with van der Waals surface area (Å²) in [6.45, 7) is 8.60. The summed E-state index contributed by atoms with van der Waals surface area (Å²) in [5, 5.41) is 0. The fourth-order valence-electron chi connectivity index (χ4n) is 1.20. The van der Waals surface area contributed by atoms with Crippen LogP contribution in [0.2, 0.25) is 0 Å². The van der Waals surface area contributed by atoms with Crippen LogP contribution in [0.4, 0.5) is 0 Å². The van der Waals surface area contributed by atoms with E-state index in [1.54, 1.807) is 0 Å². The highest BCUT2D eigenvalue weighted by Gasteiger charge is 2.14. The molecule has 0 aromatic rings. The fraction of sp³-hybridized carbons (Fsp3) is 0.750. The molecule has 1 aliphatic heterocycles. The molecule has 1 saturated heterocycles. The third kappa shape index (κ3) is 1.55. The molecular weight excluding hydrogens is 110 g/mol. The van der Waals surface area contributed by atoms with E-state index in [9.17, 15) is 0 Å². The van der Waals surface area contributed by atoms with Crippen LogP contribution in [0.3, 0.4) is 0 Å². The van der Waals surface area contributed by atoms with Crippen molar-refractivity contribution in [1.29, 1.82) is 0 Å². The summed E-state index contributed by atoms with van der Waals surface area (Å²) in [5.74, 6) is 0.751. The van der Waals surface area contributed by atoms with E-state index in [1.165, 1.54) is 18.5 Å². The third-order valence-corrected chi connectivity index (χ3v) is 2.11. The Hall–Kier alpha value is -0.300. The summed E-state index contributed by atoms with van der Waals surface area (Å²) in [4.78, 5) is 2.32. The standard InChI is InChI=1S/C8H15N/c1-7-4-5-9(3)6-8(7)2/h7H,2,4-6H2,1,3H3/t7-/m0/s1. The second-order valence-electron chi connectivity index (χ2n) is 3.09. The second kappa shape index (κ2) is 2.53. The van der Waals surface area contributed by atoms with E-state index >= 15 is 0 Å². The first kappa shape index (κ1) is 6.81. The molecule has 1 heterocycles. The molecule has 0 aromatic heterocycles. The van der Waals surface area contributed by atoms with Crippen molar-refractivity contribution in [1.82, 2.24) is 4.90 Å². The van der Waals surface area contributed by atoms with Gasteiger partial charge < -0.3 is 4.90 Å². The Morgan fingerprint density at radius 2 is 2.33 bits per heavy atom. The van der Waals surface area contributed by atoms with Crippen LogP contribution in [0.15, 0.2) is 12.2 Å². The first-order valence-corrected chi connectivity index (χ1v) is 3.56. The van der Waals surface area contributed by atoms with Gasteiger partial charge in [-0.3, -0.25) is 0 Å². The van der Waals surface area contributed by atoms with E-state index in [0.717, 1.165) is 12.5 Å². The summed E-state index contributed by atoms with van der Waals surface area (Å²) in [5.41, 5.74) is 1.39. The molecule has 0 aromatic carbocycles. The maximum atomic E-state index is 4.00. The molecule has 0 saturated carbocycles. The molecule has 9 heavy (non-hydrogen) atoms. The zero-order chi connectivity index (χ0) is 6.85. The Morgan fingerprint density at radius 1 is 1.67 bits per heavy atom. The Kier molecular flexibility index (Phi) is 1.91. The van der Waals surface area contributed by atoms with Crippen LogP contribution in [-0.4, -0.2) is 25.0 Å². The first-order valence-electron chi connectivity index (χ1n) is 3.56. The minimum Gasteiger partial charge on any atom is -0.302 e. The maximum Gasteiger partial charge on any atom is 0.0189 e. The Labute approximate surface area is 57.4 Å². The van der Waals surface area contributed by atoms with Crippen LogP contribution in [0.25, 0.3) is 0 Å². The van der Waals surface area contributed by atoms with Gasteiger partial charge in [-0.1, -0.05) is 19.1 Å². The molecule has 1 rings (SSSR count). The van der Waals surface area contributed by atoms with Gasteiger partial charge in [-0.05, 0) is 25.9 Å². The fourth-order valence-corrected chi connectivity index (χ4v) is 1.20. The molecular formula is C8H15N. The minimum atomic E-state index is 0.751. The summed E-state index contributed by atoms with van der Waals surface area (Å²) in [6.07, 6.45) is 1.29. The van der Waals surface area contributed by atoms with Crippen LogP contribution in [0.5, 0.6) is 0 Å². The number of hydrogen-bond donors (Lipinski definition) is 0. The van der Waals surface area contributed by atoms with Gasteiger partial charge in [0, 0.05) is 6.54 Å². The first-order chi connectivity index (χ1) is 4.20. The number of rotatable bonds is 0. The van der Waals surface area contributed by atoms with Gasteiger partial charge in [0.1, 0.15) is 0 Å². The van der Waals surface area contributed by atoms with Crippen molar-refractivity contribution in [3.63, 3.8) is 0 Å². The van der Waals surface area contributed by atoms with Crippen molar-refractivity contribution in [3.05, 3.63) is 12.2 Å². The monoisotopic (exact) mass is 125 g/mol. The lowest BCUT2D eigenvalue weighted by molar-refractivity contribution is 0.287. The van der Waals surface area contributed by atoms with Crippen LogP contribution < -0.4 is 0 Å². The van der Waals surface area contributed by atoms with Crippen LogP contribution in [-0.2, 0) is 0 Å². The Balaban J connectivity index is 2.44. The van der Waals surface area contributed by atoms with Gasteiger partial charge in [0.2, 0.25) is 0 Å². The minimum absolute atomic E-state index is 0.751. The lowest BCUT2D eigenvalue weighted by Crippen LogP contribution is -2.30. The van der Waals surface area contributed by atoms with Crippen molar-refractivity contribution < 1.29 is 0 Å². The summed E-state index contributed by atoms with van der Waals surface area (Å²) in [6, 6.07) is 0. The molecule has 0 aliphatic carbocycles. The Morgan fingerprint density at radius 3 is 2.78 bits per heavy atom. The van der Waals surface area contributed by atoms with E-state index in [1.807, 2.05) is 0 Å². The smallest absolute Gasteiger partial charge is 0.0189 e. The molecule has 1 nitrogen and oxygen atoms in total. The average Bonchev–Trinajstić information content (AvgIpc) is 1.80. The lowest BCUT2D eigenvalue weighted by atomic mass is 9.95. The number of hydrogen-bond acceptors (Lipinski definition) is 1. The zero-order valence-corrected chi connectivity index (χ0v) is 6.35. The van der Waals surface area contributed by atoms with Crippen LogP contribution >= 0.6 is 0 Å². The summed E-state index contributed by atoms with van der Waals surface area (Å²) in [7, 11) is 2.15. The highest BCUT2D eigenvalue weighted by Crippen LogP contribution is 2.18. The molecule has 1 heteroatoms. The van der Waals surface area contributed by atoms with Gasteiger partial charge in [0.05, 0.1) is 0 Å². The number of piperidine rings is 1. The molecule has 0 unspecified atom stereocenters. The second-order valence-corrected chi connectivity index (χ2v) is 3.09. The van der Waals surface area contributed by atoms with Crippen molar-refractivity contribution in [2.24, 2.45) is 5.92 Å². The topological polar surface area (TPSA) is 3.24 Å². The molecule has 0 amide bonds. The highest BCUT2D eigenvalue weighted by molar-refractivity contribution is 5.04. The molecule has 0 N–H and O–H groups in total. The van der Waals surface area contributed by atoms with Crippen molar-refractivity contribution >= 4 is 0 Å². The van der Waals surface area contributed by atoms with Gasteiger partial charge >= 0.3 is 0 Å². The zero-order valence-electron chi connectivity index (χ0n) is 6.35. The van der Waals surface area contributed by atoms with Gasteiger partial charge in [-0.2, -0.15) is 0 Å².